The summed E-state index contributed by atoms with van der Waals surface area (Å²) in [6, 6.07) is 0. The van der Waals surface area contributed by atoms with E-state index in [4.69, 9.17) is 4.74 Å². The third kappa shape index (κ3) is 2.81. The van der Waals surface area contributed by atoms with E-state index in [0.717, 1.165) is 50.5 Å². The molecule has 3 heteroatoms. The van der Waals surface area contributed by atoms with Crippen LogP contribution in [0.3, 0.4) is 0 Å². The molecule has 2 aliphatic carbocycles. The highest BCUT2D eigenvalue weighted by molar-refractivity contribution is 5.26. The molecule has 1 saturated carbocycles. The number of aliphatic hydroxyl groups excluding tert-OH is 1. The Kier molecular flexibility index (Phi) is 4.27. The van der Waals surface area contributed by atoms with Gasteiger partial charge < -0.3 is 14.9 Å². The Labute approximate surface area is 140 Å². The van der Waals surface area contributed by atoms with Gasteiger partial charge in [-0.2, -0.15) is 0 Å². The quantitative estimate of drug-likeness (QED) is 0.602. The maximum absolute atomic E-state index is 10.7. The van der Waals surface area contributed by atoms with Crippen LogP contribution >= 0.6 is 0 Å². The normalized spacial score (nSPS) is 43.9. The van der Waals surface area contributed by atoms with E-state index in [2.05, 4.69) is 19.6 Å². The van der Waals surface area contributed by atoms with E-state index in [0.29, 0.717) is 0 Å². The molecule has 0 bridgehead atoms. The van der Waals surface area contributed by atoms with Crippen molar-refractivity contribution in [2.75, 3.05) is 6.61 Å². The molecule has 1 saturated heterocycles. The van der Waals surface area contributed by atoms with Crippen LogP contribution in [0, 0.1) is 11.3 Å². The van der Waals surface area contributed by atoms with Gasteiger partial charge >= 0.3 is 0 Å². The van der Waals surface area contributed by atoms with E-state index >= 15 is 0 Å². The SMILES string of the molecule is C=C1CC/C=C(/CO)C[C@H]2O[C@@]23[C@H](C(C)(C)O)CC[C@@]3(C)CC1. The van der Waals surface area contributed by atoms with Crippen LogP contribution in [0.2, 0.25) is 0 Å². The van der Waals surface area contributed by atoms with Crippen molar-refractivity contribution < 1.29 is 14.9 Å². The van der Waals surface area contributed by atoms with Crippen molar-refractivity contribution in [3.05, 3.63) is 23.8 Å². The number of hydrogen-bond acceptors (Lipinski definition) is 3. The van der Waals surface area contributed by atoms with Gasteiger partial charge in [-0.05, 0) is 69.8 Å². The molecular formula is C20H32O3. The van der Waals surface area contributed by atoms with Gasteiger partial charge in [-0.1, -0.05) is 25.2 Å². The summed E-state index contributed by atoms with van der Waals surface area (Å²) in [5.74, 6) is 0.166. The van der Waals surface area contributed by atoms with Crippen LogP contribution in [-0.2, 0) is 4.74 Å². The van der Waals surface area contributed by atoms with Crippen LogP contribution in [0.25, 0.3) is 0 Å². The van der Waals surface area contributed by atoms with Crippen molar-refractivity contribution in [2.24, 2.45) is 11.3 Å². The Morgan fingerprint density at radius 1 is 1.35 bits per heavy atom. The second kappa shape index (κ2) is 5.72. The molecule has 1 heterocycles. The zero-order chi connectivity index (χ0) is 16.9. The highest BCUT2D eigenvalue weighted by Crippen LogP contribution is 2.68. The molecule has 0 unspecified atom stereocenters. The molecule has 1 spiro atoms. The first-order valence-corrected chi connectivity index (χ1v) is 9.08. The Bertz CT molecular complexity index is 515. The standard InChI is InChI=1S/C20H32O3/c1-14-6-5-7-15(13-21)12-17-20(23-17)16(18(2,3)22)9-11-19(20,4)10-8-14/h7,16-17,21-22H,1,5-6,8-13H2,2-4H3/b15-7+/t16-,17+,19+,20-/m0/s1. The minimum absolute atomic E-state index is 0.0934. The molecule has 3 aliphatic rings. The lowest BCUT2D eigenvalue weighted by Gasteiger charge is -2.37. The van der Waals surface area contributed by atoms with E-state index in [-0.39, 0.29) is 29.6 Å². The van der Waals surface area contributed by atoms with Crippen LogP contribution in [0.15, 0.2) is 23.8 Å². The molecule has 3 rings (SSSR count). The molecule has 0 aromatic rings. The largest absolute Gasteiger partial charge is 0.392 e. The zero-order valence-electron chi connectivity index (χ0n) is 14.9. The van der Waals surface area contributed by atoms with Crippen molar-refractivity contribution in [1.29, 1.82) is 0 Å². The Balaban J connectivity index is 1.94. The molecule has 0 amide bonds. The first-order valence-electron chi connectivity index (χ1n) is 9.08. The molecule has 23 heavy (non-hydrogen) atoms. The van der Waals surface area contributed by atoms with Crippen LogP contribution in [-0.4, -0.2) is 34.1 Å². The lowest BCUT2D eigenvalue weighted by Crippen LogP contribution is -2.46. The fourth-order valence-corrected chi connectivity index (χ4v) is 5.23. The topological polar surface area (TPSA) is 53.0 Å². The zero-order valence-corrected chi connectivity index (χ0v) is 14.9. The van der Waals surface area contributed by atoms with Gasteiger partial charge in [-0.15, -0.1) is 0 Å². The first kappa shape index (κ1) is 17.2. The summed E-state index contributed by atoms with van der Waals surface area (Å²) in [6.45, 7) is 10.5. The number of hydrogen-bond donors (Lipinski definition) is 2. The lowest BCUT2D eigenvalue weighted by atomic mass is 9.67. The smallest absolute Gasteiger partial charge is 0.106 e. The van der Waals surface area contributed by atoms with Gasteiger partial charge in [-0.25, -0.2) is 0 Å². The highest BCUT2D eigenvalue weighted by Gasteiger charge is 2.74. The molecular weight excluding hydrogens is 288 g/mol. The summed E-state index contributed by atoms with van der Waals surface area (Å²) in [5.41, 5.74) is 1.50. The summed E-state index contributed by atoms with van der Waals surface area (Å²) >= 11 is 0. The molecule has 2 N–H and O–H groups in total. The van der Waals surface area contributed by atoms with Crippen molar-refractivity contribution in [3.8, 4) is 0 Å². The third-order valence-electron chi connectivity index (χ3n) is 6.67. The van der Waals surface area contributed by atoms with Gasteiger partial charge in [0.2, 0.25) is 0 Å². The van der Waals surface area contributed by atoms with Crippen molar-refractivity contribution in [3.63, 3.8) is 0 Å². The van der Waals surface area contributed by atoms with Crippen LogP contribution in [0.4, 0.5) is 0 Å². The van der Waals surface area contributed by atoms with Gasteiger partial charge in [0.1, 0.15) is 5.60 Å². The molecule has 4 atom stereocenters. The van der Waals surface area contributed by atoms with Crippen molar-refractivity contribution in [2.45, 2.75) is 83.0 Å². The number of aliphatic hydroxyl groups is 2. The number of rotatable bonds is 2. The van der Waals surface area contributed by atoms with E-state index in [1.807, 2.05) is 13.8 Å². The van der Waals surface area contributed by atoms with Crippen LogP contribution < -0.4 is 0 Å². The van der Waals surface area contributed by atoms with E-state index in [1.54, 1.807) is 0 Å². The van der Waals surface area contributed by atoms with E-state index in [9.17, 15) is 10.2 Å². The predicted molar refractivity (Wildman–Crippen MR) is 92.1 cm³/mol. The first-order chi connectivity index (χ1) is 10.7. The minimum atomic E-state index is -0.729. The third-order valence-corrected chi connectivity index (χ3v) is 6.67. The Morgan fingerprint density at radius 2 is 2.09 bits per heavy atom. The van der Waals surface area contributed by atoms with Crippen molar-refractivity contribution >= 4 is 0 Å². The fourth-order valence-electron chi connectivity index (χ4n) is 5.23. The second-order valence-electron chi connectivity index (χ2n) is 8.72. The average molecular weight is 320 g/mol. The maximum atomic E-state index is 10.7. The highest BCUT2D eigenvalue weighted by atomic mass is 16.6. The molecule has 3 nitrogen and oxygen atoms in total. The minimum Gasteiger partial charge on any atom is -0.392 e. The van der Waals surface area contributed by atoms with Gasteiger partial charge in [-0.3, -0.25) is 0 Å². The van der Waals surface area contributed by atoms with E-state index < -0.39 is 5.60 Å². The van der Waals surface area contributed by atoms with Crippen LogP contribution in [0.1, 0.15) is 65.7 Å². The monoisotopic (exact) mass is 320 g/mol. The summed E-state index contributed by atoms with van der Waals surface area (Å²) in [6.07, 6.45) is 9.30. The predicted octanol–water partition coefficient (Wildman–Crippen LogP) is 3.75. The number of epoxide rings is 1. The Morgan fingerprint density at radius 3 is 2.74 bits per heavy atom. The molecule has 2 fully saturated rings. The molecule has 0 radical (unpaired) electrons. The summed E-state index contributed by atoms with van der Waals surface area (Å²) < 4.78 is 6.37. The number of ether oxygens (including phenoxy) is 1. The summed E-state index contributed by atoms with van der Waals surface area (Å²) in [5, 5.41) is 20.4. The van der Waals surface area contributed by atoms with Gasteiger partial charge in [0.25, 0.3) is 0 Å². The molecule has 0 aromatic carbocycles. The van der Waals surface area contributed by atoms with Crippen molar-refractivity contribution in [1.82, 2.24) is 0 Å². The van der Waals surface area contributed by atoms with Crippen LogP contribution in [0.5, 0.6) is 0 Å². The average Bonchev–Trinajstić information content (AvgIpc) is 3.08. The molecule has 130 valence electrons. The maximum Gasteiger partial charge on any atom is 0.106 e. The Hall–Kier alpha value is -0.640. The van der Waals surface area contributed by atoms with Gasteiger partial charge in [0, 0.05) is 5.92 Å². The lowest BCUT2D eigenvalue weighted by molar-refractivity contribution is -0.0298. The van der Waals surface area contributed by atoms with E-state index in [1.165, 1.54) is 5.57 Å². The molecule has 1 aliphatic heterocycles. The fraction of sp³-hybridized carbons (Fsp3) is 0.800. The second-order valence-corrected chi connectivity index (χ2v) is 8.72. The van der Waals surface area contributed by atoms with Gasteiger partial charge in [0.15, 0.2) is 0 Å². The summed E-state index contributed by atoms with van der Waals surface area (Å²) in [4.78, 5) is 0. The van der Waals surface area contributed by atoms with Gasteiger partial charge in [0.05, 0.1) is 18.3 Å². The summed E-state index contributed by atoms with van der Waals surface area (Å²) in [7, 11) is 0. The number of allylic oxidation sites excluding steroid dienone is 2. The molecule has 0 aromatic heterocycles.